The molecule has 0 atom stereocenters. The van der Waals surface area contributed by atoms with E-state index < -0.39 is 17.0 Å². The molecular formula is C16H18Cl2N4O3. The summed E-state index contributed by atoms with van der Waals surface area (Å²) in [7, 11) is 1.72. The molecule has 0 radical (unpaired) electrons. The molecule has 0 unspecified atom stereocenters. The number of nitrogens with two attached hydrogens (primary N) is 1. The zero-order chi connectivity index (χ0) is 18.7. The van der Waals surface area contributed by atoms with Crippen LogP contribution in [0.3, 0.4) is 0 Å². The lowest BCUT2D eigenvalue weighted by Gasteiger charge is -2.17. The lowest BCUT2D eigenvalue weighted by atomic mass is 10.1. The first-order valence-corrected chi connectivity index (χ1v) is 8.28. The smallest absolute Gasteiger partial charge is 0.329 e. The molecule has 2 aromatic rings. The van der Waals surface area contributed by atoms with Crippen molar-refractivity contribution in [2.75, 3.05) is 19.3 Å². The van der Waals surface area contributed by atoms with E-state index in [1.165, 1.54) is 0 Å². The maximum Gasteiger partial charge on any atom is 0.329 e. The Balaban J connectivity index is 2.20. The number of aromatic nitrogens is 2. The Morgan fingerprint density at radius 1 is 1.28 bits per heavy atom. The minimum absolute atomic E-state index is 0.0462. The second-order valence-electron chi connectivity index (χ2n) is 5.61. The molecule has 0 bridgehead atoms. The zero-order valence-electron chi connectivity index (χ0n) is 13.8. The van der Waals surface area contributed by atoms with E-state index in [1.807, 2.05) is 0 Å². The number of nitrogens with zero attached hydrogens (tertiary/aromatic N) is 2. The van der Waals surface area contributed by atoms with E-state index in [2.05, 4.69) is 4.98 Å². The van der Waals surface area contributed by atoms with Crippen molar-refractivity contribution in [3.05, 3.63) is 60.2 Å². The number of likely N-dealkylation sites (N-methyl/N-ethyl adjacent to an activating group) is 1. The lowest BCUT2D eigenvalue weighted by molar-refractivity contribution is 0.0941. The molecule has 9 heteroatoms. The summed E-state index contributed by atoms with van der Waals surface area (Å²) in [6.45, 7) is 2.32. The highest BCUT2D eigenvalue weighted by atomic mass is 35.5. The van der Waals surface area contributed by atoms with Crippen LogP contribution in [0, 0.1) is 0 Å². The standard InChI is InChI=1S/C16H18Cl2N4O3/c1-3-22-14(19)13(15(24)20-16(22)25)12(23)8-21(2)7-9-4-5-10(17)11(18)6-9/h4-6H,3,7-8,19H2,1-2H3,(H,20,24,25). The molecule has 0 amide bonds. The van der Waals surface area contributed by atoms with Gasteiger partial charge in [-0.05, 0) is 31.7 Å². The van der Waals surface area contributed by atoms with Crippen molar-refractivity contribution in [3.8, 4) is 0 Å². The van der Waals surface area contributed by atoms with Gasteiger partial charge >= 0.3 is 5.69 Å². The lowest BCUT2D eigenvalue weighted by Crippen LogP contribution is -2.38. The monoisotopic (exact) mass is 384 g/mol. The number of nitrogen functional groups attached to an aromatic ring is 1. The molecule has 3 N–H and O–H groups in total. The highest BCUT2D eigenvalue weighted by Gasteiger charge is 2.20. The average Bonchev–Trinajstić information content (AvgIpc) is 2.50. The highest BCUT2D eigenvalue weighted by molar-refractivity contribution is 6.42. The van der Waals surface area contributed by atoms with Gasteiger partial charge in [0, 0.05) is 13.1 Å². The van der Waals surface area contributed by atoms with E-state index in [1.54, 1.807) is 37.1 Å². The van der Waals surface area contributed by atoms with Crippen molar-refractivity contribution in [1.29, 1.82) is 0 Å². The van der Waals surface area contributed by atoms with Crippen molar-refractivity contribution in [2.24, 2.45) is 0 Å². The van der Waals surface area contributed by atoms with Gasteiger partial charge in [-0.1, -0.05) is 29.3 Å². The summed E-state index contributed by atoms with van der Waals surface area (Å²) in [6, 6.07) is 5.19. The second-order valence-corrected chi connectivity index (χ2v) is 6.42. The molecule has 0 aliphatic carbocycles. The summed E-state index contributed by atoms with van der Waals surface area (Å²) < 4.78 is 1.15. The molecule has 0 saturated heterocycles. The maximum atomic E-state index is 12.5. The number of halogens is 2. The fourth-order valence-corrected chi connectivity index (χ4v) is 2.82. The van der Waals surface area contributed by atoms with Crippen LogP contribution in [0.1, 0.15) is 22.8 Å². The first kappa shape index (κ1) is 19.2. The van der Waals surface area contributed by atoms with Crippen molar-refractivity contribution >= 4 is 34.8 Å². The largest absolute Gasteiger partial charge is 0.384 e. The van der Waals surface area contributed by atoms with Gasteiger partial charge in [0.25, 0.3) is 5.56 Å². The number of ketones is 1. The number of carbonyl (C=O) groups is 1. The molecule has 2 rings (SSSR count). The predicted molar refractivity (Wildman–Crippen MR) is 98.5 cm³/mol. The number of hydrogen-bond acceptors (Lipinski definition) is 5. The Bertz CT molecular complexity index is 921. The topological polar surface area (TPSA) is 101 Å². The Hall–Kier alpha value is -2.09. The Labute approximate surface area is 154 Å². The van der Waals surface area contributed by atoms with E-state index >= 15 is 0 Å². The average molecular weight is 385 g/mol. The van der Waals surface area contributed by atoms with Gasteiger partial charge in [-0.3, -0.25) is 24.0 Å². The molecule has 7 nitrogen and oxygen atoms in total. The van der Waals surface area contributed by atoms with Crippen LogP contribution < -0.4 is 17.0 Å². The van der Waals surface area contributed by atoms with Gasteiger partial charge in [0.2, 0.25) is 0 Å². The van der Waals surface area contributed by atoms with Crippen LogP contribution in [0.15, 0.2) is 27.8 Å². The van der Waals surface area contributed by atoms with Crippen LogP contribution in [0.25, 0.3) is 0 Å². The zero-order valence-corrected chi connectivity index (χ0v) is 15.3. The summed E-state index contributed by atoms with van der Waals surface area (Å²) in [5.41, 5.74) is 5.08. The molecule has 1 aromatic carbocycles. The fraction of sp³-hybridized carbons (Fsp3) is 0.312. The first-order valence-electron chi connectivity index (χ1n) is 7.52. The van der Waals surface area contributed by atoms with Gasteiger partial charge in [0.15, 0.2) is 5.78 Å². The third kappa shape index (κ3) is 4.31. The number of Topliss-reactive ketones (excluding diaryl/α,β-unsaturated/α-hetero) is 1. The van der Waals surface area contributed by atoms with Crippen molar-refractivity contribution in [1.82, 2.24) is 14.5 Å². The molecule has 0 aliphatic rings. The van der Waals surface area contributed by atoms with Crippen LogP contribution in [0.2, 0.25) is 10.0 Å². The minimum Gasteiger partial charge on any atom is -0.384 e. The number of carbonyl (C=O) groups excluding carboxylic acids is 1. The SMILES string of the molecule is CCn1c(N)c(C(=O)CN(C)Cc2ccc(Cl)c(Cl)c2)c(=O)[nH]c1=O. The van der Waals surface area contributed by atoms with Gasteiger partial charge in [-0.25, -0.2) is 4.79 Å². The number of H-pyrrole nitrogens is 1. The number of aromatic amines is 1. The van der Waals surface area contributed by atoms with Crippen molar-refractivity contribution < 1.29 is 4.79 Å². The summed E-state index contributed by atoms with van der Waals surface area (Å²) in [4.78, 5) is 40.0. The maximum absolute atomic E-state index is 12.5. The number of benzene rings is 1. The summed E-state index contributed by atoms with van der Waals surface area (Å²) >= 11 is 11.9. The van der Waals surface area contributed by atoms with Crippen LogP contribution in [0.5, 0.6) is 0 Å². The Morgan fingerprint density at radius 3 is 2.56 bits per heavy atom. The molecule has 1 aromatic heterocycles. The summed E-state index contributed by atoms with van der Waals surface area (Å²) in [5.74, 6) is -0.590. The van der Waals surface area contributed by atoms with Crippen LogP contribution in [0.4, 0.5) is 5.82 Å². The van der Waals surface area contributed by atoms with Crippen LogP contribution in [-0.4, -0.2) is 33.8 Å². The number of rotatable bonds is 6. The molecular weight excluding hydrogens is 367 g/mol. The van der Waals surface area contributed by atoms with E-state index in [0.717, 1.165) is 10.1 Å². The molecule has 0 aliphatic heterocycles. The van der Waals surface area contributed by atoms with E-state index in [4.69, 9.17) is 28.9 Å². The van der Waals surface area contributed by atoms with Crippen LogP contribution in [-0.2, 0) is 13.1 Å². The van der Waals surface area contributed by atoms with E-state index in [9.17, 15) is 14.4 Å². The van der Waals surface area contributed by atoms with E-state index in [-0.39, 0.29) is 24.5 Å². The van der Waals surface area contributed by atoms with Gasteiger partial charge in [0.1, 0.15) is 11.4 Å². The number of nitrogens with one attached hydrogen (secondary N) is 1. The minimum atomic E-state index is -0.778. The third-order valence-electron chi connectivity index (χ3n) is 3.68. The fourth-order valence-electron chi connectivity index (χ4n) is 2.50. The van der Waals surface area contributed by atoms with Crippen molar-refractivity contribution in [3.63, 3.8) is 0 Å². The molecule has 0 saturated carbocycles. The van der Waals surface area contributed by atoms with Gasteiger partial charge in [-0.15, -0.1) is 0 Å². The normalized spacial score (nSPS) is 11.1. The van der Waals surface area contributed by atoms with Gasteiger partial charge in [-0.2, -0.15) is 0 Å². The molecule has 134 valence electrons. The van der Waals surface area contributed by atoms with Gasteiger partial charge < -0.3 is 5.73 Å². The number of hydrogen-bond donors (Lipinski definition) is 2. The quantitative estimate of drug-likeness (QED) is 0.738. The summed E-state index contributed by atoms with van der Waals surface area (Å²) in [5, 5.41) is 0.875. The predicted octanol–water partition coefficient (Wildman–Crippen LogP) is 1.76. The highest BCUT2D eigenvalue weighted by Crippen LogP contribution is 2.23. The summed E-state index contributed by atoms with van der Waals surface area (Å²) in [6.07, 6.45) is 0. The molecule has 25 heavy (non-hydrogen) atoms. The number of anilines is 1. The van der Waals surface area contributed by atoms with Crippen LogP contribution >= 0.6 is 23.2 Å². The van der Waals surface area contributed by atoms with Crippen molar-refractivity contribution in [2.45, 2.75) is 20.0 Å². The first-order chi connectivity index (χ1) is 11.7. The molecule has 1 heterocycles. The van der Waals surface area contributed by atoms with Gasteiger partial charge in [0.05, 0.1) is 16.6 Å². The Morgan fingerprint density at radius 2 is 1.96 bits per heavy atom. The Kier molecular flexibility index (Phi) is 6.05. The second kappa shape index (κ2) is 7.86. The van der Waals surface area contributed by atoms with E-state index in [0.29, 0.717) is 16.6 Å². The molecule has 0 spiro atoms. The molecule has 0 fully saturated rings. The third-order valence-corrected chi connectivity index (χ3v) is 4.42.